The zero-order valence-electron chi connectivity index (χ0n) is 15.6. The quantitative estimate of drug-likeness (QED) is 0.542. The van der Waals surface area contributed by atoms with Gasteiger partial charge < -0.3 is 21.3 Å². The van der Waals surface area contributed by atoms with Crippen molar-refractivity contribution in [3.63, 3.8) is 0 Å². The molecular weight excluding hydrogens is 360 g/mol. The van der Waals surface area contributed by atoms with Gasteiger partial charge in [0.25, 0.3) is 5.91 Å². The molecule has 0 atom stereocenters. The standard InChI is InChI=1S/C20H22N4O4/c1-20(2,19(27)28)12-24-18(26)17-16(25)8-13(10-23-17)14(9-21)11-22-15-6-4-3-5-7-15/h3-11,25H,12,21H2,1-2H3,(H,24,26)(H,27,28)/b14-9+,22-11?. The third-order valence-corrected chi connectivity index (χ3v) is 3.97. The molecule has 0 bridgehead atoms. The molecule has 0 fully saturated rings. The van der Waals surface area contributed by atoms with Crippen LogP contribution in [0.25, 0.3) is 5.57 Å². The Bertz CT molecular complexity index is 921. The molecule has 0 unspecified atom stereocenters. The molecule has 0 saturated carbocycles. The van der Waals surface area contributed by atoms with E-state index in [1.54, 1.807) is 0 Å². The van der Waals surface area contributed by atoms with Gasteiger partial charge in [-0.1, -0.05) is 18.2 Å². The highest BCUT2D eigenvalue weighted by molar-refractivity contribution is 6.10. The molecule has 0 aliphatic carbocycles. The van der Waals surface area contributed by atoms with E-state index in [0.29, 0.717) is 11.1 Å². The minimum Gasteiger partial charge on any atom is -0.505 e. The van der Waals surface area contributed by atoms with Gasteiger partial charge in [0.15, 0.2) is 5.69 Å². The first-order valence-electron chi connectivity index (χ1n) is 8.46. The van der Waals surface area contributed by atoms with Crippen LogP contribution in [0.15, 0.2) is 53.8 Å². The van der Waals surface area contributed by atoms with Gasteiger partial charge in [-0.2, -0.15) is 0 Å². The van der Waals surface area contributed by atoms with Gasteiger partial charge in [-0.15, -0.1) is 0 Å². The Kier molecular flexibility index (Phi) is 6.49. The van der Waals surface area contributed by atoms with E-state index in [2.05, 4.69) is 15.3 Å². The highest BCUT2D eigenvalue weighted by Crippen LogP contribution is 2.22. The molecule has 28 heavy (non-hydrogen) atoms. The number of nitrogens with two attached hydrogens (primary N) is 1. The number of aliphatic imine (C=N–C) groups is 1. The van der Waals surface area contributed by atoms with Crippen molar-refractivity contribution in [3.8, 4) is 5.75 Å². The van der Waals surface area contributed by atoms with E-state index >= 15 is 0 Å². The van der Waals surface area contributed by atoms with Crippen LogP contribution in [0.2, 0.25) is 0 Å². The van der Waals surface area contributed by atoms with E-state index in [-0.39, 0.29) is 18.0 Å². The molecule has 5 N–H and O–H groups in total. The normalized spacial score (nSPS) is 12.1. The number of carbonyl (C=O) groups excluding carboxylic acids is 1. The number of carboxylic acid groups (broad SMARTS) is 1. The lowest BCUT2D eigenvalue weighted by atomic mass is 9.94. The predicted molar refractivity (Wildman–Crippen MR) is 106 cm³/mol. The summed E-state index contributed by atoms with van der Waals surface area (Å²) in [4.78, 5) is 31.6. The lowest BCUT2D eigenvalue weighted by molar-refractivity contribution is -0.146. The Morgan fingerprint density at radius 2 is 1.96 bits per heavy atom. The summed E-state index contributed by atoms with van der Waals surface area (Å²) in [5, 5.41) is 21.7. The first-order chi connectivity index (χ1) is 13.2. The molecule has 1 amide bonds. The van der Waals surface area contributed by atoms with Crippen LogP contribution in [-0.4, -0.2) is 39.8 Å². The predicted octanol–water partition coefficient (Wildman–Crippen LogP) is 2.33. The van der Waals surface area contributed by atoms with Gasteiger partial charge in [0.2, 0.25) is 0 Å². The zero-order chi connectivity index (χ0) is 20.7. The zero-order valence-corrected chi connectivity index (χ0v) is 15.6. The molecule has 1 heterocycles. The van der Waals surface area contributed by atoms with Crippen molar-refractivity contribution in [2.45, 2.75) is 13.8 Å². The maximum Gasteiger partial charge on any atom is 0.310 e. The van der Waals surface area contributed by atoms with E-state index < -0.39 is 17.3 Å². The number of carboxylic acids is 1. The van der Waals surface area contributed by atoms with Gasteiger partial charge in [0.1, 0.15) is 5.75 Å². The van der Waals surface area contributed by atoms with E-state index in [9.17, 15) is 14.7 Å². The first-order valence-corrected chi connectivity index (χ1v) is 8.46. The summed E-state index contributed by atoms with van der Waals surface area (Å²) in [6, 6.07) is 10.6. The van der Waals surface area contributed by atoms with E-state index in [1.165, 1.54) is 38.5 Å². The molecule has 0 saturated heterocycles. The van der Waals surface area contributed by atoms with Crippen LogP contribution in [0.3, 0.4) is 0 Å². The summed E-state index contributed by atoms with van der Waals surface area (Å²) in [6.45, 7) is 2.86. The molecule has 1 aromatic heterocycles. The third-order valence-electron chi connectivity index (χ3n) is 3.97. The molecule has 146 valence electrons. The summed E-state index contributed by atoms with van der Waals surface area (Å²) < 4.78 is 0. The number of pyridine rings is 1. The van der Waals surface area contributed by atoms with Gasteiger partial charge in [-0.25, -0.2) is 4.98 Å². The maximum atomic E-state index is 12.2. The Labute approximate surface area is 162 Å². The maximum absolute atomic E-state index is 12.2. The van der Waals surface area contributed by atoms with Crippen molar-refractivity contribution in [1.29, 1.82) is 0 Å². The van der Waals surface area contributed by atoms with E-state index in [4.69, 9.17) is 10.8 Å². The smallest absolute Gasteiger partial charge is 0.310 e. The van der Waals surface area contributed by atoms with Gasteiger partial charge in [0, 0.05) is 36.3 Å². The molecule has 2 rings (SSSR count). The largest absolute Gasteiger partial charge is 0.505 e. The number of hydrogen-bond donors (Lipinski definition) is 4. The van der Waals surface area contributed by atoms with Crippen LogP contribution in [-0.2, 0) is 4.79 Å². The number of aromatic nitrogens is 1. The van der Waals surface area contributed by atoms with Crippen molar-refractivity contribution < 1.29 is 19.8 Å². The molecule has 1 aromatic carbocycles. The average Bonchev–Trinajstić information content (AvgIpc) is 2.67. The van der Waals surface area contributed by atoms with Crippen molar-refractivity contribution in [3.05, 3.63) is 60.1 Å². The molecule has 0 radical (unpaired) electrons. The second-order valence-electron chi connectivity index (χ2n) is 6.68. The number of aromatic hydroxyl groups is 1. The number of nitrogens with one attached hydrogen (secondary N) is 1. The molecular formula is C20H22N4O4. The van der Waals surface area contributed by atoms with Crippen LogP contribution in [0.4, 0.5) is 5.69 Å². The lowest BCUT2D eigenvalue weighted by Gasteiger charge is -2.19. The van der Waals surface area contributed by atoms with Crippen molar-refractivity contribution in [1.82, 2.24) is 10.3 Å². The van der Waals surface area contributed by atoms with Crippen LogP contribution in [0.1, 0.15) is 29.9 Å². The summed E-state index contributed by atoms with van der Waals surface area (Å²) in [5.74, 6) is -2.07. The van der Waals surface area contributed by atoms with E-state index in [0.717, 1.165) is 5.69 Å². The first kappa shape index (κ1) is 20.6. The second kappa shape index (κ2) is 8.81. The lowest BCUT2D eigenvalue weighted by Crippen LogP contribution is -2.39. The fourth-order valence-electron chi connectivity index (χ4n) is 2.12. The number of nitrogens with zero attached hydrogens (tertiary/aromatic N) is 2. The van der Waals surface area contributed by atoms with Crippen molar-refractivity contribution in [2.24, 2.45) is 16.1 Å². The molecule has 0 aliphatic rings. The summed E-state index contributed by atoms with van der Waals surface area (Å²) in [6.07, 6.45) is 4.23. The number of para-hydroxylation sites is 1. The van der Waals surface area contributed by atoms with Crippen molar-refractivity contribution >= 4 is 29.4 Å². The van der Waals surface area contributed by atoms with Crippen LogP contribution in [0, 0.1) is 5.41 Å². The minimum absolute atomic E-state index is 0.109. The highest BCUT2D eigenvalue weighted by atomic mass is 16.4. The number of hydrogen-bond acceptors (Lipinski definition) is 6. The Morgan fingerprint density at radius 1 is 1.29 bits per heavy atom. The molecule has 0 aliphatic heterocycles. The van der Waals surface area contributed by atoms with E-state index in [1.807, 2.05) is 30.3 Å². The highest BCUT2D eigenvalue weighted by Gasteiger charge is 2.28. The van der Waals surface area contributed by atoms with Crippen LogP contribution in [0.5, 0.6) is 5.75 Å². The molecule has 2 aromatic rings. The number of aliphatic carboxylic acids is 1. The van der Waals surface area contributed by atoms with Crippen LogP contribution >= 0.6 is 0 Å². The Hall–Kier alpha value is -3.68. The SMILES string of the molecule is CC(C)(CNC(=O)c1ncc(/C(C=Nc2ccccc2)=C/N)cc1O)C(=O)O. The molecule has 8 nitrogen and oxygen atoms in total. The summed E-state index contributed by atoms with van der Waals surface area (Å²) in [5.41, 5.74) is 6.00. The third kappa shape index (κ3) is 5.16. The van der Waals surface area contributed by atoms with Crippen molar-refractivity contribution in [2.75, 3.05) is 6.54 Å². The van der Waals surface area contributed by atoms with Gasteiger partial charge >= 0.3 is 5.97 Å². The number of amides is 1. The second-order valence-corrected chi connectivity index (χ2v) is 6.68. The summed E-state index contributed by atoms with van der Waals surface area (Å²) >= 11 is 0. The number of carbonyl (C=O) groups is 2. The Morgan fingerprint density at radius 3 is 2.54 bits per heavy atom. The van der Waals surface area contributed by atoms with Gasteiger partial charge in [-0.05, 0) is 32.0 Å². The van der Waals surface area contributed by atoms with Gasteiger partial charge in [0.05, 0.1) is 11.1 Å². The fourth-order valence-corrected chi connectivity index (χ4v) is 2.12. The molecule has 8 heteroatoms. The monoisotopic (exact) mass is 382 g/mol. The number of rotatable bonds is 7. The Balaban J connectivity index is 2.15. The van der Waals surface area contributed by atoms with Gasteiger partial charge in [-0.3, -0.25) is 14.6 Å². The summed E-state index contributed by atoms with van der Waals surface area (Å²) in [7, 11) is 0. The average molecular weight is 382 g/mol. The minimum atomic E-state index is -1.14. The number of allylic oxidation sites excluding steroid dienone is 1. The topological polar surface area (TPSA) is 138 Å². The molecule has 0 spiro atoms. The number of benzene rings is 1. The fraction of sp³-hybridized carbons (Fsp3) is 0.200. The van der Waals surface area contributed by atoms with Crippen LogP contribution < -0.4 is 11.1 Å².